The molecule has 1 aromatic heterocycles. The Morgan fingerprint density at radius 3 is 2.58 bits per heavy atom. The van der Waals surface area contributed by atoms with Crippen LogP contribution in [0.25, 0.3) is 0 Å². The molecular weight excluding hydrogens is 242 g/mol. The van der Waals surface area contributed by atoms with Gasteiger partial charge >= 0.3 is 0 Å². The van der Waals surface area contributed by atoms with Crippen molar-refractivity contribution in [2.45, 2.75) is 38.7 Å². The zero-order chi connectivity index (χ0) is 13.8. The van der Waals surface area contributed by atoms with Crippen LogP contribution in [0.1, 0.15) is 38.2 Å². The summed E-state index contributed by atoms with van der Waals surface area (Å²) in [6.45, 7) is 6.17. The Hall–Kier alpha value is -1.40. The van der Waals surface area contributed by atoms with Gasteiger partial charge < -0.3 is 15.1 Å². The highest BCUT2D eigenvalue weighted by Gasteiger charge is 2.24. The monoisotopic (exact) mass is 265 g/mol. The first-order valence-electron chi connectivity index (χ1n) is 6.76. The van der Waals surface area contributed by atoms with Crippen molar-refractivity contribution in [3.05, 3.63) is 11.9 Å². The fourth-order valence-corrected chi connectivity index (χ4v) is 2.59. The zero-order valence-electron chi connectivity index (χ0n) is 11.9. The zero-order valence-corrected chi connectivity index (χ0v) is 11.9. The number of nitrogens with zero attached hydrogens (tertiary/aromatic N) is 3. The Morgan fingerprint density at radius 1 is 1.37 bits per heavy atom. The molecule has 0 radical (unpaired) electrons. The van der Waals surface area contributed by atoms with Crippen molar-refractivity contribution in [2.75, 3.05) is 30.5 Å². The lowest BCUT2D eigenvalue weighted by Gasteiger charge is -2.34. The van der Waals surface area contributed by atoms with E-state index in [-0.39, 0.29) is 0 Å². The SMILES string of the molecule is COC1CCN(c2ncnc(NN)c2C(C)C)CC1. The molecule has 0 saturated carbocycles. The first-order valence-corrected chi connectivity index (χ1v) is 6.76. The van der Waals surface area contributed by atoms with E-state index in [0.717, 1.165) is 37.3 Å². The minimum atomic E-state index is 0.322. The van der Waals surface area contributed by atoms with Gasteiger partial charge in [0.2, 0.25) is 0 Å². The molecule has 2 rings (SSSR count). The van der Waals surface area contributed by atoms with Gasteiger partial charge in [-0.05, 0) is 18.8 Å². The second-order valence-corrected chi connectivity index (χ2v) is 5.18. The van der Waals surface area contributed by atoms with Crippen LogP contribution in [0.2, 0.25) is 0 Å². The summed E-state index contributed by atoms with van der Waals surface area (Å²) in [5, 5.41) is 0. The maximum Gasteiger partial charge on any atom is 0.148 e. The Morgan fingerprint density at radius 2 is 2.05 bits per heavy atom. The summed E-state index contributed by atoms with van der Waals surface area (Å²) in [6.07, 6.45) is 4.00. The normalized spacial score (nSPS) is 17.0. The Balaban J connectivity index is 2.25. The van der Waals surface area contributed by atoms with Crippen LogP contribution in [-0.4, -0.2) is 36.3 Å². The van der Waals surface area contributed by atoms with Crippen LogP contribution in [0.5, 0.6) is 0 Å². The standard InChI is InChI=1S/C13H23N5O/c1-9(2)11-12(17-14)15-8-16-13(11)18-6-4-10(19-3)5-7-18/h8-10H,4-7,14H2,1-3H3,(H,15,16,17). The Bertz CT molecular complexity index is 415. The van der Waals surface area contributed by atoms with E-state index in [2.05, 4.69) is 34.1 Å². The van der Waals surface area contributed by atoms with Crippen LogP contribution in [0, 0.1) is 0 Å². The van der Waals surface area contributed by atoms with Gasteiger partial charge in [-0.1, -0.05) is 13.8 Å². The molecular formula is C13H23N5O. The van der Waals surface area contributed by atoms with E-state index in [1.54, 1.807) is 13.4 Å². The molecule has 0 atom stereocenters. The minimum Gasteiger partial charge on any atom is -0.381 e. The van der Waals surface area contributed by atoms with E-state index in [1.807, 2.05) is 0 Å². The molecule has 3 N–H and O–H groups in total. The van der Waals surface area contributed by atoms with Gasteiger partial charge in [0, 0.05) is 25.8 Å². The second-order valence-electron chi connectivity index (χ2n) is 5.18. The van der Waals surface area contributed by atoms with E-state index in [9.17, 15) is 0 Å². The van der Waals surface area contributed by atoms with Crippen molar-refractivity contribution >= 4 is 11.6 Å². The number of ether oxygens (including phenoxy) is 1. The molecule has 0 aromatic carbocycles. The van der Waals surface area contributed by atoms with Gasteiger partial charge in [0.05, 0.1) is 6.10 Å². The maximum absolute atomic E-state index is 5.55. The summed E-state index contributed by atoms with van der Waals surface area (Å²) in [5.41, 5.74) is 3.76. The molecule has 1 saturated heterocycles. The van der Waals surface area contributed by atoms with Crippen molar-refractivity contribution in [1.29, 1.82) is 0 Å². The van der Waals surface area contributed by atoms with Crippen LogP contribution < -0.4 is 16.2 Å². The first-order chi connectivity index (χ1) is 9.17. The highest BCUT2D eigenvalue weighted by atomic mass is 16.5. The molecule has 0 amide bonds. The van der Waals surface area contributed by atoms with Gasteiger partial charge in [0.1, 0.15) is 18.0 Å². The van der Waals surface area contributed by atoms with Crippen LogP contribution in [0.3, 0.4) is 0 Å². The number of methoxy groups -OCH3 is 1. The lowest BCUT2D eigenvalue weighted by Crippen LogP contribution is -2.38. The predicted molar refractivity (Wildman–Crippen MR) is 76.2 cm³/mol. The third-order valence-corrected chi connectivity index (χ3v) is 3.65. The lowest BCUT2D eigenvalue weighted by atomic mass is 10.0. The van der Waals surface area contributed by atoms with E-state index in [1.165, 1.54) is 0 Å². The molecule has 0 bridgehead atoms. The molecule has 0 aliphatic carbocycles. The molecule has 0 unspecified atom stereocenters. The number of nitrogen functional groups attached to an aromatic ring is 1. The molecule has 1 fully saturated rings. The molecule has 19 heavy (non-hydrogen) atoms. The quantitative estimate of drug-likeness (QED) is 0.634. The number of rotatable bonds is 4. The largest absolute Gasteiger partial charge is 0.381 e. The fourth-order valence-electron chi connectivity index (χ4n) is 2.59. The van der Waals surface area contributed by atoms with Crippen LogP contribution in [0.4, 0.5) is 11.6 Å². The van der Waals surface area contributed by atoms with Crippen molar-refractivity contribution in [2.24, 2.45) is 5.84 Å². The average Bonchev–Trinajstić information content (AvgIpc) is 2.46. The Kier molecular flexibility index (Phi) is 4.55. The molecule has 1 aliphatic heterocycles. The van der Waals surface area contributed by atoms with E-state index < -0.39 is 0 Å². The third kappa shape index (κ3) is 2.96. The number of aromatic nitrogens is 2. The summed E-state index contributed by atoms with van der Waals surface area (Å²) in [6, 6.07) is 0. The highest BCUT2D eigenvalue weighted by molar-refractivity contribution is 5.60. The molecule has 2 heterocycles. The maximum atomic E-state index is 5.55. The number of hydrogen-bond acceptors (Lipinski definition) is 6. The predicted octanol–water partition coefficient (Wildman–Crippen LogP) is 1.50. The van der Waals surface area contributed by atoms with Gasteiger partial charge in [0.15, 0.2) is 0 Å². The minimum absolute atomic E-state index is 0.322. The topological polar surface area (TPSA) is 76.3 Å². The molecule has 6 heteroatoms. The van der Waals surface area contributed by atoms with E-state index >= 15 is 0 Å². The molecule has 6 nitrogen and oxygen atoms in total. The molecule has 0 spiro atoms. The van der Waals surface area contributed by atoms with Crippen LogP contribution in [0.15, 0.2) is 6.33 Å². The Labute approximate surface area is 114 Å². The van der Waals surface area contributed by atoms with Gasteiger partial charge in [0.25, 0.3) is 0 Å². The van der Waals surface area contributed by atoms with Crippen molar-refractivity contribution in [3.63, 3.8) is 0 Å². The van der Waals surface area contributed by atoms with Gasteiger partial charge in [-0.15, -0.1) is 0 Å². The number of anilines is 2. The number of hydrazine groups is 1. The fraction of sp³-hybridized carbons (Fsp3) is 0.692. The number of nitrogens with one attached hydrogen (secondary N) is 1. The summed E-state index contributed by atoms with van der Waals surface area (Å²) >= 11 is 0. The smallest absolute Gasteiger partial charge is 0.148 e. The molecule has 106 valence electrons. The van der Waals surface area contributed by atoms with Crippen molar-refractivity contribution < 1.29 is 4.74 Å². The molecule has 1 aliphatic rings. The first kappa shape index (κ1) is 14.0. The summed E-state index contributed by atoms with van der Waals surface area (Å²) in [5.74, 6) is 7.58. The summed E-state index contributed by atoms with van der Waals surface area (Å²) < 4.78 is 5.41. The van der Waals surface area contributed by atoms with Crippen molar-refractivity contribution in [3.8, 4) is 0 Å². The summed E-state index contributed by atoms with van der Waals surface area (Å²) in [7, 11) is 1.78. The van der Waals surface area contributed by atoms with Crippen LogP contribution in [-0.2, 0) is 4.74 Å². The number of nitrogens with two attached hydrogens (primary N) is 1. The van der Waals surface area contributed by atoms with Gasteiger partial charge in [-0.3, -0.25) is 0 Å². The van der Waals surface area contributed by atoms with Gasteiger partial charge in [-0.2, -0.15) is 0 Å². The highest BCUT2D eigenvalue weighted by Crippen LogP contribution is 2.31. The third-order valence-electron chi connectivity index (χ3n) is 3.65. The van der Waals surface area contributed by atoms with Crippen molar-refractivity contribution in [1.82, 2.24) is 9.97 Å². The second kappa shape index (κ2) is 6.16. The van der Waals surface area contributed by atoms with E-state index in [0.29, 0.717) is 17.8 Å². The number of hydrogen-bond donors (Lipinski definition) is 2. The number of piperidine rings is 1. The average molecular weight is 265 g/mol. The van der Waals surface area contributed by atoms with Crippen LogP contribution >= 0.6 is 0 Å². The van der Waals surface area contributed by atoms with Gasteiger partial charge in [-0.25, -0.2) is 15.8 Å². The lowest BCUT2D eigenvalue weighted by molar-refractivity contribution is 0.0817. The summed E-state index contributed by atoms with van der Waals surface area (Å²) in [4.78, 5) is 11.0. The molecule has 1 aromatic rings. The van der Waals surface area contributed by atoms with E-state index in [4.69, 9.17) is 10.6 Å².